The lowest BCUT2D eigenvalue weighted by Crippen LogP contribution is -2.51. The predicted molar refractivity (Wildman–Crippen MR) is 119 cm³/mol. The Kier molecular flexibility index (Phi) is 4.62. The Labute approximate surface area is 202 Å². The van der Waals surface area contributed by atoms with E-state index in [9.17, 15) is 32.3 Å². The topological polar surface area (TPSA) is 80.8 Å². The predicted octanol–water partition coefficient (Wildman–Crippen LogP) is 4.40. The fraction of sp³-hybridized carbons (Fsp3) is 0.185. The van der Waals surface area contributed by atoms with Crippen molar-refractivity contribution in [1.29, 1.82) is 0 Å². The monoisotopic (exact) mass is 491 g/mol. The molecule has 0 bridgehead atoms. The second kappa shape index (κ2) is 7.44. The largest absolute Gasteiger partial charge is 0.416 e. The molecule has 0 unspecified atom stereocenters. The van der Waals surface area contributed by atoms with Crippen molar-refractivity contribution in [3.8, 4) is 0 Å². The van der Waals surface area contributed by atoms with Gasteiger partial charge in [-0.3, -0.25) is 19.2 Å². The van der Waals surface area contributed by atoms with E-state index < -0.39 is 58.7 Å². The van der Waals surface area contributed by atoms with Crippen molar-refractivity contribution >= 4 is 29.1 Å². The van der Waals surface area contributed by atoms with Gasteiger partial charge in [0.2, 0.25) is 29.0 Å². The van der Waals surface area contributed by atoms with Gasteiger partial charge >= 0.3 is 6.18 Å². The van der Waals surface area contributed by atoms with Crippen LogP contribution in [0.15, 0.2) is 78.9 Å². The van der Waals surface area contributed by atoms with E-state index in [0.717, 1.165) is 29.2 Å². The molecule has 9 heteroatoms. The van der Waals surface area contributed by atoms with Gasteiger partial charge in [-0.15, -0.1) is 0 Å². The third kappa shape index (κ3) is 2.83. The number of ether oxygens (including phenoxy) is 1. The lowest BCUT2D eigenvalue weighted by molar-refractivity contribution is -0.137. The van der Waals surface area contributed by atoms with Crippen LogP contribution in [-0.2, 0) is 20.5 Å². The Bertz CT molecular complexity index is 1410. The van der Waals surface area contributed by atoms with Crippen molar-refractivity contribution < 1.29 is 37.1 Å². The summed E-state index contributed by atoms with van der Waals surface area (Å²) in [4.78, 5) is 55.5. The summed E-state index contributed by atoms with van der Waals surface area (Å²) in [5, 5.41) is 0. The first-order valence-corrected chi connectivity index (χ1v) is 11.1. The zero-order valence-corrected chi connectivity index (χ0v) is 18.4. The van der Waals surface area contributed by atoms with Gasteiger partial charge in [0.15, 0.2) is 0 Å². The molecule has 6 rings (SSSR count). The number of anilines is 1. The number of hydrogen-bond acceptors (Lipinski definition) is 5. The highest BCUT2D eigenvalue weighted by molar-refractivity contribution is 6.37. The lowest BCUT2D eigenvalue weighted by atomic mass is 9.77. The molecule has 2 aliphatic heterocycles. The van der Waals surface area contributed by atoms with Crippen molar-refractivity contribution in [3.63, 3.8) is 0 Å². The van der Waals surface area contributed by atoms with Gasteiger partial charge < -0.3 is 4.74 Å². The van der Waals surface area contributed by atoms with Crippen molar-refractivity contribution in [2.24, 2.45) is 11.8 Å². The van der Waals surface area contributed by atoms with E-state index in [1.807, 2.05) is 0 Å². The Morgan fingerprint density at radius 3 is 1.83 bits per heavy atom. The van der Waals surface area contributed by atoms with Crippen LogP contribution in [-0.4, -0.2) is 29.0 Å². The average molecular weight is 491 g/mol. The van der Waals surface area contributed by atoms with Crippen molar-refractivity contribution in [2.45, 2.75) is 17.9 Å². The number of halogens is 3. The number of alkyl halides is 3. The molecular weight excluding hydrogens is 475 g/mol. The Morgan fingerprint density at radius 1 is 0.722 bits per heavy atom. The van der Waals surface area contributed by atoms with Crippen LogP contribution in [0.5, 0.6) is 0 Å². The molecule has 0 N–H and O–H groups in total. The smallest absolute Gasteiger partial charge is 0.349 e. The molecule has 2 amide bonds. The van der Waals surface area contributed by atoms with E-state index in [0.29, 0.717) is 5.56 Å². The molecule has 2 heterocycles. The summed E-state index contributed by atoms with van der Waals surface area (Å²) < 4.78 is 45.3. The number of imide groups is 1. The summed E-state index contributed by atoms with van der Waals surface area (Å²) >= 11 is 0. The number of fused-ring (bicyclic) bond motifs is 3. The summed E-state index contributed by atoms with van der Waals surface area (Å²) in [6.45, 7) is 0. The molecule has 3 aromatic carbocycles. The first kappa shape index (κ1) is 22.4. The molecule has 1 aliphatic carbocycles. The second-order valence-electron chi connectivity index (χ2n) is 8.95. The van der Waals surface area contributed by atoms with Gasteiger partial charge in [0, 0.05) is 11.1 Å². The van der Waals surface area contributed by atoms with E-state index in [4.69, 9.17) is 4.74 Å². The molecule has 3 atom stereocenters. The maximum Gasteiger partial charge on any atom is 0.416 e. The fourth-order valence-corrected chi connectivity index (χ4v) is 5.51. The van der Waals surface area contributed by atoms with Crippen LogP contribution in [0.1, 0.15) is 37.9 Å². The van der Waals surface area contributed by atoms with Gasteiger partial charge in [-0.05, 0) is 29.8 Å². The molecular formula is C27H16F3NO5. The zero-order valence-electron chi connectivity index (χ0n) is 18.4. The SMILES string of the molecule is O=C1[C@H]2[C@@H](c3ccccc3)OC3(C(=O)c4ccccc4C3=O)[C@@H]2C(=O)N1c1ccc(C(F)(F)F)cc1. The number of carbonyl (C=O) groups excluding carboxylic acids is 4. The standard InChI is InChI=1S/C27H16F3NO5/c28-27(29,30)15-10-12-16(13-11-15)31-24(34)19-20(25(31)35)26(36-21(19)14-6-2-1-3-7-14)22(32)17-8-4-5-9-18(17)23(26)33/h1-13,19-21H/t19-,20+,21-/m1/s1. The van der Waals surface area contributed by atoms with E-state index in [-0.39, 0.29) is 16.8 Å². The van der Waals surface area contributed by atoms with E-state index >= 15 is 0 Å². The minimum absolute atomic E-state index is 0.0789. The van der Waals surface area contributed by atoms with Crippen LogP contribution in [0.2, 0.25) is 0 Å². The molecule has 180 valence electrons. The summed E-state index contributed by atoms with van der Waals surface area (Å²) in [6, 6.07) is 18.1. The number of ketones is 2. The maximum absolute atomic E-state index is 13.8. The van der Waals surface area contributed by atoms with Crippen LogP contribution in [0.25, 0.3) is 0 Å². The Balaban J connectivity index is 1.50. The van der Waals surface area contributed by atoms with Gasteiger partial charge in [0.25, 0.3) is 0 Å². The summed E-state index contributed by atoms with van der Waals surface area (Å²) in [7, 11) is 0. The third-order valence-electron chi connectivity index (χ3n) is 7.10. The normalized spacial score (nSPS) is 24.5. The van der Waals surface area contributed by atoms with Gasteiger partial charge in [-0.1, -0.05) is 54.6 Å². The van der Waals surface area contributed by atoms with E-state index in [1.165, 1.54) is 12.1 Å². The first-order valence-electron chi connectivity index (χ1n) is 11.1. The number of rotatable bonds is 2. The number of amides is 2. The Hall–Kier alpha value is -4.11. The van der Waals surface area contributed by atoms with Crippen LogP contribution >= 0.6 is 0 Å². The van der Waals surface area contributed by atoms with E-state index in [1.54, 1.807) is 42.5 Å². The molecule has 0 aromatic heterocycles. The number of Topliss-reactive ketones (excluding diaryl/α,β-unsaturated/α-hetero) is 2. The molecule has 0 saturated carbocycles. The number of hydrogen-bond donors (Lipinski definition) is 0. The lowest BCUT2D eigenvalue weighted by Gasteiger charge is -2.27. The molecule has 6 nitrogen and oxygen atoms in total. The van der Waals surface area contributed by atoms with Gasteiger partial charge in [0.05, 0.1) is 29.2 Å². The Morgan fingerprint density at radius 2 is 1.28 bits per heavy atom. The molecule has 1 spiro atoms. The first-order chi connectivity index (χ1) is 17.2. The number of carbonyl (C=O) groups is 4. The highest BCUT2D eigenvalue weighted by Crippen LogP contribution is 2.57. The maximum atomic E-state index is 13.8. The molecule has 2 fully saturated rings. The molecule has 36 heavy (non-hydrogen) atoms. The van der Waals surface area contributed by atoms with Crippen LogP contribution in [0, 0.1) is 11.8 Å². The van der Waals surface area contributed by atoms with E-state index in [2.05, 4.69) is 0 Å². The molecule has 3 aromatic rings. The summed E-state index contributed by atoms with van der Waals surface area (Å²) in [5.41, 5.74) is -2.56. The molecule has 0 radical (unpaired) electrons. The minimum atomic E-state index is -4.60. The second-order valence-corrected chi connectivity index (χ2v) is 8.95. The number of nitrogens with zero attached hydrogens (tertiary/aromatic N) is 1. The van der Waals surface area contributed by atoms with Gasteiger partial charge in [-0.2, -0.15) is 13.2 Å². The van der Waals surface area contributed by atoms with Crippen molar-refractivity contribution in [3.05, 3.63) is 101 Å². The van der Waals surface area contributed by atoms with Crippen LogP contribution < -0.4 is 4.90 Å². The van der Waals surface area contributed by atoms with Gasteiger partial charge in [0.1, 0.15) is 0 Å². The third-order valence-corrected chi connectivity index (χ3v) is 7.10. The molecule has 2 saturated heterocycles. The number of benzene rings is 3. The van der Waals surface area contributed by atoms with Crippen molar-refractivity contribution in [2.75, 3.05) is 4.90 Å². The zero-order chi connectivity index (χ0) is 25.4. The van der Waals surface area contributed by atoms with Gasteiger partial charge in [-0.25, -0.2) is 4.90 Å². The van der Waals surface area contributed by atoms with Crippen LogP contribution in [0.4, 0.5) is 18.9 Å². The van der Waals surface area contributed by atoms with Crippen LogP contribution in [0.3, 0.4) is 0 Å². The fourth-order valence-electron chi connectivity index (χ4n) is 5.51. The summed E-state index contributed by atoms with van der Waals surface area (Å²) in [6.07, 6.45) is -5.69. The molecule has 3 aliphatic rings. The quantitative estimate of drug-likeness (QED) is 0.392. The summed E-state index contributed by atoms with van der Waals surface area (Å²) in [5.74, 6) is -5.70. The van der Waals surface area contributed by atoms with Crippen molar-refractivity contribution in [1.82, 2.24) is 0 Å². The minimum Gasteiger partial charge on any atom is -0.349 e. The highest BCUT2D eigenvalue weighted by Gasteiger charge is 2.74. The average Bonchev–Trinajstić information content (AvgIpc) is 3.44. The highest BCUT2D eigenvalue weighted by atomic mass is 19.4.